The van der Waals surface area contributed by atoms with Gasteiger partial charge >= 0.3 is 0 Å². The van der Waals surface area contributed by atoms with Gasteiger partial charge in [0, 0.05) is 65.4 Å². The molecule has 3 fully saturated rings. The molecule has 3 aliphatic heterocycles. The largest absolute Gasteiger partial charge is 0.368 e. The lowest BCUT2D eigenvalue weighted by molar-refractivity contribution is -0.142. The number of carbonyl (C=O) groups is 2. The summed E-state index contributed by atoms with van der Waals surface area (Å²) in [7, 11) is 0. The topological polar surface area (TPSA) is 77.5 Å². The fourth-order valence-corrected chi connectivity index (χ4v) is 3.93. The molecule has 3 heterocycles. The molecule has 0 aromatic rings. The van der Waals surface area contributed by atoms with Gasteiger partial charge in [0.25, 0.3) is 5.91 Å². The fraction of sp³-hybridized carbons (Fsp3) is 0.842. The molecule has 0 aromatic heterocycles. The third kappa shape index (κ3) is 6.20. The molecule has 2 amide bonds. The number of piperazine rings is 1. The number of amides is 2. The van der Waals surface area contributed by atoms with E-state index in [2.05, 4.69) is 17.1 Å². The van der Waals surface area contributed by atoms with E-state index < -0.39 is 0 Å². The SMILES string of the molecule is CCNC(=NCCCN1CCCC1=O)N1CCN(C(=O)C2CCCO2)CC1.I. The van der Waals surface area contributed by atoms with E-state index in [4.69, 9.17) is 9.73 Å². The predicted molar refractivity (Wildman–Crippen MR) is 119 cm³/mol. The quantitative estimate of drug-likeness (QED) is 0.250. The zero-order chi connectivity index (χ0) is 19.1. The molecule has 1 unspecified atom stereocenters. The highest BCUT2D eigenvalue weighted by molar-refractivity contribution is 14.0. The highest BCUT2D eigenvalue weighted by atomic mass is 127. The third-order valence-corrected chi connectivity index (χ3v) is 5.45. The Balaban J connectivity index is 0.00000280. The van der Waals surface area contributed by atoms with Crippen LogP contribution in [-0.4, -0.2) is 97.5 Å². The van der Waals surface area contributed by atoms with Crippen molar-refractivity contribution in [3.05, 3.63) is 0 Å². The van der Waals surface area contributed by atoms with E-state index >= 15 is 0 Å². The monoisotopic (exact) mass is 507 g/mol. The Hall–Kier alpha value is -1.10. The minimum absolute atomic E-state index is 0. The molecule has 1 N–H and O–H groups in total. The Morgan fingerprint density at radius 2 is 1.93 bits per heavy atom. The van der Waals surface area contributed by atoms with Crippen LogP contribution in [-0.2, 0) is 14.3 Å². The van der Waals surface area contributed by atoms with Gasteiger partial charge in [-0.2, -0.15) is 0 Å². The van der Waals surface area contributed by atoms with Crippen LogP contribution in [0, 0.1) is 0 Å². The van der Waals surface area contributed by atoms with Crippen molar-refractivity contribution in [1.82, 2.24) is 20.0 Å². The Labute approximate surface area is 185 Å². The van der Waals surface area contributed by atoms with E-state index in [9.17, 15) is 9.59 Å². The van der Waals surface area contributed by atoms with Crippen LogP contribution in [0.1, 0.15) is 39.0 Å². The number of likely N-dealkylation sites (tertiary alicyclic amines) is 1. The molecule has 0 aliphatic carbocycles. The zero-order valence-electron chi connectivity index (χ0n) is 16.9. The molecule has 1 atom stereocenters. The van der Waals surface area contributed by atoms with Gasteiger partial charge in [-0.05, 0) is 32.6 Å². The lowest BCUT2D eigenvalue weighted by Crippen LogP contribution is -2.55. The maximum Gasteiger partial charge on any atom is 0.251 e. The fourth-order valence-electron chi connectivity index (χ4n) is 3.93. The van der Waals surface area contributed by atoms with Gasteiger partial charge in [0.1, 0.15) is 6.10 Å². The molecule has 0 aromatic carbocycles. The van der Waals surface area contributed by atoms with Gasteiger partial charge in [0.15, 0.2) is 5.96 Å². The first-order chi connectivity index (χ1) is 13.2. The van der Waals surface area contributed by atoms with Crippen molar-refractivity contribution in [1.29, 1.82) is 0 Å². The number of rotatable bonds is 6. The number of nitrogens with zero attached hydrogens (tertiary/aromatic N) is 4. The van der Waals surface area contributed by atoms with Gasteiger partial charge in [0.05, 0.1) is 0 Å². The number of nitrogens with one attached hydrogen (secondary N) is 1. The van der Waals surface area contributed by atoms with Crippen LogP contribution in [0.2, 0.25) is 0 Å². The summed E-state index contributed by atoms with van der Waals surface area (Å²) in [6.07, 6.45) is 4.17. The lowest BCUT2D eigenvalue weighted by atomic mass is 10.2. The van der Waals surface area contributed by atoms with Gasteiger partial charge in [-0.15, -0.1) is 24.0 Å². The van der Waals surface area contributed by atoms with E-state index in [0.717, 1.165) is 64.4 Å². The van der Waals surface area contributed by atoms with Crippen molar-refractivity contribution in [3.63, 3.8) is 0 Å². The van der Waals surface area contributed by atoms with Crippen LogP contribution in [0.5, 0.6) is 0 Å². The van der Waals surface area contributed by atoms with Crippen LogP contribution in [0.25, 0.3) is 0 Å². The first kappa shape index (κ1) is 23.2. The Morgan fingerprint density at radius 3 is 2.54 bits per heavy atom. The molecule has 28 heavy (non-hydrogen) atoms. The third-order valence-electron chi connectivity index (χ3n) is 5.45. The number of carbonyl (C=O) groups excluding carboxylic acids is 2. The highest BCUT2D eigenvalue weighted by Gasteiger charge is 2.30. The first-order valence-corrected chi connectivity index (χ1v) is 10.4. The van der Waals surface area contributed by atoms with Crippen molar-refractivity contribution in [2.45, 2.75) is 45.1 Å². The number of hydrogen-bond acceptors (Lipinski definition) is 4. The molecule has 0 saturated carbocycles. The highest BCUT2D eigenvalue weighted by Crippen LogP contribution is 2.16. The van der Waals surface area contributed by atoms with E-state index in [1.807, 2.05) is 9.80 Å². The molecule has 0 spiro atoms. The zero-order valence-corrected chi connectivity index (χ0v) is 19.2. The molecule has 160 valence electrons. The number of aliphatic imine (C=N–C) groups is 1. The molecule has 3 saturated heterocycles. The van der Waals surface area contributed by atoms with Crippen LogP contribution in [0.4, 0.5) is 0 Å². The van der Waals surface area contributed by atoms with E-state index in [1.54, 1.807) is 0 Å². The van der Waals surface area contributed by atoms with E-state index in [-0.39, 0.29) is 41.9 Å². The number of ether oxygens (including phenoxy) is 1. The summed E-state index contributed by atoms with van der Waals surface area (Å²) in [4.78, 5) is 35.0. The standard InChI is InChI=1S/C19H33N5O3.HI/c1-2-20-19(21-8-5-10-22-9-3-7-17(22)25)24-13-11-23(12-14-24)18(26)16-6-4-15-27-16;/h16H,2-15H2,1H3,(H,20,21);1H. The summed E-state index contributed by atoms with van der Waals surface area (Å²) in [5.74, 6) is 1.33. The molecule has 3 rings (SSSR count). The summed E-state index contributed by atoms with van der Waals surface area (Å²) < 4.78 is 5.53. The van der Waals surface area contributed by atoms with Crippen LogP contribution >= 0.6 is 24.0 Å². The second kappa shape index (κ2) is 11.8. The molecule has 9 heteroatoms. The minimum atomic E-state index is -0.230. The number of hydrogen-bond donors (Lipinski definition) is 1. The Morgan fingerprint density at radius 1 is 1.18 bits per heavy atom. The summed E-state index contributed by atoms with van der Waals surface area (Å²) in [5, 5.41) is 3.36. The summed E-state index contributed by atoms with van der Waals surface area (Å²) in [6, 6.07) is 0. The Bertz CT molecular complexity index is 546. The molecular weight excluding hydrogens is 473 g/mol. The van der Waals surface area contributed by atoms with Crippen LogP contribution < -0.4 is 5.32 Å². The van der Waals surface area contributed by atoms with Crippen molar-refractivity contribution in [3.8, 4) is 0 Å². The summed E-state index contributed by atoms with van der Waals surface area (Å²) in [5.41, 5.74) is 0. The number of guanidine groups is 1. The average Bonchev–Trinajstić information content (AvgIpc) is 3.36. The maximum atomic E-state index is 12.5. The van der Waals surface area contributed by atoms with Gasteiger partial charge in [-0.1, -0.05) is 0 Å². The summed E-state index contributed by atoms with van der Waals surface area (Å²) in [6.45, 7) is 8.99. The number of halogens is 1. The van der Waals surface area contributed by atoms with Crippen LogP contribution in [0.3, 0.4) is 0 Å². The van der Waals surface area contributed by atoms with E-state index in [0.29, 0.717) is 32.7 Å². The van der Waals surface area contributed by atoms with Crippen molar-refractivity contribution < 1.29 is 14.3 Å². The van der Waals surface area contributed by atoms with Crippen LogP contribution in [0.15, 0.2) is 4.99 Å². The van der Waals surface area contributed by atoms with Crippen molar-refractivity contribution in [2.24, 2.45) is 4.99 Å². The predicted octanol–water partition coefficient (Wildman–Crippen LogP) is 0.906. The molecule has 3 aliphatic rings. The minimum Gasteiger partial charge on any atom is -0.368 e. The Kier molecular flexibility index (Phi) is 9.76. The van der Waals surface area contributed by atoms with Crippen molar-refractivity contribution in [2.75, 3.05) is 59.0 Å². The summed E-state index contributed by atoms with van der Waals surface area (Å²) >= 11 is 0. The van der Waals surface area contributed by atoms with Gasteiger partial charge in [0.2, 0.25) is 5.91 Å². The lowest BCUT2D eigenvalue weighted by Gasteiger charge is -2.37. The van der Waals surface area contributed by atoms with Gasteiger partial charge in [-0.25, -0.2) is 0 Å². The average molecular weight is 507 g/mol. The molecular formula is C19H34IN5O3. The molecule has 8 nitrogen and oxygen atoms in total. The van der Waals surface area contributed by atoms with E-state index in [1.165, 1.54) is 0 Å². The van der Waals surface area contributed by atoms with Crippen molar-refractivity contribution >= 4 is 41.8 Å². The first-order valence-electron chi connectivity index (χ1n) is 10.4. The van der Waals surface area contributed by atoms with Gasteiger partial charge < -0.3 is 24.8 Å². The molecule has 0 bridgehead atoms. The second-order valence-electron chi connectivity index (χ2n) is 7.39. The maximum absolute atomic E-state index is 12.5. The smallest absolute Gasteiger partial charge is 0.251 e. The molecule has 0 radical (unpaired) electrons. The normalized spacial score (nSPS) is 23.2. The van der Waals surface area contributed by atoms with Gasteiger partial charge in [-0.3, -0.25) is 14.6 Å². The second-order valence-corrected chi connectivity index (χ2v) is 7.39.